The van der Waals surface area contributed by atoms with Gasteiger partial charge in [0.2, 0.25) is 0 Å². The van der Waals surface area contributed by atoms with E-state index in [0.717, 1.165) is 38.4 Å². The third-order valence-corrected chi connectivity index (χ3v) is 3.77. The van der Waals surface area contributed by atoms with Gasteiger partial charge in [-0.1, -0.05) is 17.7 Å². The predicted molar refractivity (Wildman–Crippen MR) is 79.8 cm³/mol. The first-order valence-corrected chi connectivity index (χ1v) is 7.32. The average molecular weight is 262 g/mol. The van der Waals surface area contributed by atoms with Crippen LogP contribution in [0.4, 0.5) is 0 Å². The van der Waals surface area contributed by atoms with Crippen LogP contribution in [-0.4, -0.2) is 43.2 Å². The van der Waals surface area contributed by atoms with Crippen molar-refractivity contribution in [3.05, 3.63) is 29.8 Å². The zero-order chi connectivity index (χ0) is 13.7. The van der Waals surface area contributed by atoms with Crippen molar-refractivity contribution in [1.29, 1.82) is 0 Å². The second kappa shape index (κ2) is 6.92. The van der Waals surface area contributed by atoms with Crippen LogP contribution in [0, 0.1) is 6.92 Å². The van der Waals surface area contributed by atoms with Gasteiger partial charge in [0, 0.05) is 31.7 Å². The van der Waals surface area contributed by atoms with Gasteiger partial charge in [-0.25, -0.2) is 0 Å². The molecule has 106 valence electrons. The molecule has 3 nitrogen and oxygen atoms in total. The Bertz CT molecular complexity index is 377. The van der Waals surface area contributed by atoms with E-state index in [9.17, 15) is 0 Å². The van der Waals surface area contributed by atoms with Gasteiger partial charge in [-0.15, -0.1) is 0 Å². The first-order valence-electron chi connectivity index (χ1n) is 7.32. The van der Waals surface area contributed by atoms with E-state index in [4.69, 9.17) is 4.74 Å². The van der Waals surface area contributed by atoms with Crippen LogP contribution >= 0.6 is 0 Å². The maximum absolute atomic E-state index is 5.77. The summed E-state index contributed by atoms with van der Waals surface area (Å²) in [5, 5.41) is 3.51. The Morgan fingerprint density at radius 2 is 2.00 bits per heavy atom. The quantitative estimate of drug-likeness (QED) is 0.825. The van der Waals surface area contributed by atoms with E-state index in [1.54, 1.807) is 0 Å². The van der Waals surface area contributed by atoms with Gasteiger partial charge in [0.15, 0.2) is 0 Å². The van der Waals surface area contributed by atoms with Crippen LogP contribution < -0.4 is 10.1 Å². The number of ether oxygens (including phenoxy) is 1. The zero-order valence-corrected chi connectivity index (χ0v) is 12.4. The summed E-state index contributed by atoms with van der Waals surface area (Å²) in [6.07, 6.45) is 1.09. The van der Waals surface area contributed by atoms with E-state index in [2.05, 4.69) is 43.1 Å². The lowest BCUT2D eigenvalue weighted by Crippen LogP contribution is -2.54. The van der Waals surface area contributed by atoms with Crippen LogP contribution in [0.2, 0.25) is 0 Å². The Balaban J connectivity index is 1.67. The summed E-state index contributed by atoms with van der Waals surface area (Å²) >= 11 is 0. The molecule has 0 bridgehead atoms. The summed E-state index contributed by atoms with van der Waals surface area (Å²) in [6, 6.07) is 9.52. The molecule has 0 spiro atoms. The molecule has 1 aliphatic heterocycles. The molecule has 2 rings (SSSR count). The molecule has 0 amide bonds. The second-order valence-corrected chi connectivity index (χ2v) is 5.67. The topological polar surface area (TPSA) is 24.5 Å². The molecule has 1 aromatic rings. The molecule has 0 aliphatic carbocycles. The highest BCUT2D eigenvalue weighted by Crippen LogP contribution is 2.12. The number of benzene rings is 1. The van der Waals surface area contributed by atoms with Gasteiger partial charge >= 0.3 is 0 Å². The first-order chi connectivity index (χ1) is 9.15. The number of nitrogens with one attached hydrogen (secondary N) is 1. The monoisotopic (exact) mass is 262 g/mol. The largest absolute Gasteiger partial charge is 0.494 e. The van der Waals surface area contributed by atoms with Crippen molar-refractivity contribution in [2.75, 3.05) is 26.2 Å². The lowest BCUT2D eigenvalue weighted by Gasteiger charge is -2.37. The molecule has 1 fully saturated rings. The number of hydrogen-bond acceptors (Lipinski definition) is 3. The van der Waals surface area contributed by atoms with Gasteiger partial charge in [-0.2, -0.15) is 0 Å². The number of hydrogen-bond donors (Lipinski definition) is 1. The molecular weight excluding hydrogens is 236 g/mol. The fourth-order valence-corrected chi connectivity index (χ4v) is 2.50. The van der Waals surface area contributed by atoms with Crippen molar-refractivity contribution >= 4 is 0 Å². The fraction of sp³-hybridized carbons (Fsp3) is 0.625. The maximum Gasteiger partial charge on any atom is 0.119 e. The molecule has 2 atom stereocenters. The number of piperazine rings is 1. The fourth-order valence-electron chi connectivity index (χ4n) is 2.50. The normalized spacial score (nSPS) is 24.4. The predicted octanol–water partition coefficient (Wildman–Crippen LogP) is 2.45. The summed E-state index contributed by atoms with van der Waals surface area (Å²) in [5.41, 5.74) is 1.27. The third-order valence-electron chi connectivity index (χ3n) is 3.77. The minimum absolute atomic E-state index is 0.606. The summed E-state index contributed by atoms with van der Waals surface area (Å²) in [6.45, 7) is 10.8. The standard InChI is InChI=1S/C16H26N2O/c1-13-5-7-16(8-6-13)19-10-4-9-18-12-14(2)17-11-15(18)3/h5-8,14-15,17H,4,9-12H2,1-3H3. The molecule has 19 heavy (non-hydrogen) atoms. The van der Waals surface area contributed by atoms with Crippen LogP contribution in [-0.2, 0) is 0 Å². The van der Waals surface area contributed by atoms with Crippen LogP contribution in [0.1, 0.15) is 25.8 Å². The Kier molecular flexibility index (Phi) is 5.23. The Morgan fingerprint density at radius 3 is 2.74 bits per heavy atom. The molecule has 1 saturated heterocycles. The molecule has 1 aromatic carbocycles. The third kappa shape index (κ3) is 4.51. The smallest absolute Gasteiger partial charge is 0.119 e. The van der Waals surface area contributed by atoms with Gasteiger partial charge in [-0.05, 0) is 39.3 Å². The lowest BCUT2D eigenvalue weighted by atomic mass is 10.1. The lowest BCUT2D eigenvalue weighted by molar-refractivity contribution is 0.136. The van der Waals surface area contributed by atoms with Crippen LogP contribution in [0.5, 0.6) is 5.75 Å². The van der Waals surface area contributed by atoms with E-state index in [1.165, 1.54) is 5.56 Å². The molecule has 2 unspecified atom stereocenters. The van der Waals surface area contributed by atoms with Crippen molar-refractivity contribution < 1.29 is 4.74 Å². The SMILES string of the molecule is Cc1ccc(OCCCN2CC(C)NCC2C)cc1. The Labute approximate surface area is 116 Å². The van der Waals surface area contributed by atoms with E-state index in [0.29, 0.717) is 12.1 Å². The van der Waals surface area contributed by atoms with Crippen molar-refractivity contribution in [1.82, 2.24) is 10.2 Å². The summed E-state index contributed by atoms with van der Waals surface area (Å²) in [7, 11) is 0. The van der Waals surface area contributed by atoms with Crippen molar-refractivity contribution in [3.8, 4) is 5.75 Å². The maximum atomic E-state index is 5.77. The molecule has 0 saturated carbocycles. The van der Waals surface area contributed by atoms with E-state index in [-0.39, 0.29) is 0 Å². The zero-order valence-electron chi connectivity index (χ0n) is 12.4. The van der Waals surface area contributed by atoms with Gasteiger partial charge in [-0.3, -0.25) is 4.90 Å². The van der Waals surface area contributed by atoms with Gasteiger partial charge in [0.05, 0.1) is 6.61 Å². The van der Waals surface area contributed by atoms with Gasteiger partial charge in [0.1, 0.15) is 5.75 Å². The van der Waals surface area contributed by atoms with Crippen LogP contribution in [0.15, 0.2) is 24.3 Å². The molecule has 0 radical (unpaired) electrons. The highest BCUT2D eigenvalue weighted by molar-refractivity contribution is 5.26. The summed E-state index contributed by atoms with van der Waals surface area (Å²) in [4.78, 5) is 2.56. The van der Waals surface area contributed by atoms with E-state index < -0.39 is 0 Å². The molecular formula is C16H26N2O. The Morgan fingerprint density at radius 1 is 1.26 bits per heavy atom. The Hall–Kier alpha value is -1.06. The first kappa shape index (κ1) is 14.4. The molecule has 1 N–H and O–H groups in total. The van der Waals surface area contributed by atoms with Crippen LogP contribution in [0.25, 0.3) is 0 Å². The van der Waals surface area contributed by atoms with Crippen LogP contribution in [0.3, 0.4) is 0 Å². The number of aryl methyl sites for hydroxylation is 1. The summed E-state index contributed by atoms with van der Waals surface area (Å²) in [5.74, 6) is 0.979. The van der Waals surface area contributed by atoms with Crippen molar-refractivity contribution in [2.45, 2.75) is 39.3 Å². The average Bonchev–Trinajstić information content (AvgIpc) is 2.40. The minimum atomic E-state index is 0.606. The van der Waals surface area contributed by atoms with E-state index in [1.807, 2.05) is 12.1 Å². The molecule has 1 aliphatic rings. The molecule has 0 aromatic heterocycles. The second-order valence-electron chi connectivity index (χ2n) is 5.67. The molecule has 3 heteroatoms. The number of nitrogens with zero attached hydrogens (tertiary/aromatic N) is 1. The van der Waals surface area contributed by atoms with E-state index >= 15 is 0 Å². The highest BCUT2D eigenvalue weighted by Gasteiger charge is 2.21. The summed E-state index contributed by atoms with van der Waals surface area (Å²) < 4.78 is 5.77. The minimum Gasteiger partial charge on any atom is -0.494 e. The number of rotatable bonds is 5. The van der Waals surface area contributed by atoms with Gasteiger partial charge < -0.3 is 10.1 Å². The van der Waals surface area contributed by atoms with Gasteiger partial charge in [0.25, 0.3) is 0 Å². The molecule has 1 heterocycles. The van der Waals surface area contributed by atoms with Crippen molar-refractivity contribution in [2.24, 2.45) is 0 Å². The van der Waals surface area contributed by atoms with Crippen molar-refractivity contribution in [3.63, 3.8) is 0 Å². The highest BCUT2D eigenvalue weighted by atomic mass is 16.5.